The molecule has 0 fully saturated rings. The summed E-state index contributed by atoms with van der Waals surface area (Å²) in [5.41, 5.74) is 1.14. The largest absolute Gasteiger partial charge is 0.384 e. The van der Waals surface area contributed by atoms with Crippen molar-refractivity contribution in [2.45, 2.75) is 25.6 Å². The molecule has 0 heterocycles. The normalized spacial score (nSPS) is 14.0. The molecule has 0 aromatic heterocycles. The molecule has 128 valence electrons. The summed E-state index contributed by atoms with van der Waals surface area (Å²) >= 11 is 0. The summed E-state index contributed by atoms with van der Waals surface area (Å²) in [6.07, 6.45) is 0.557. The molecule has 0 aliphatic carbocycles. The van der Waals surface area contributed by atoms with Crippen LogP contribution in [0.4, 0.5) is 0 Å². The molecule has 3 rings (SSSR count). The molecule has 0 saturated heterocycles. The predicted molar refractivity (Wildman–Crippen MR) is 110 cm³/mol. The molecule has 3 aromatic carbocycles. The van der Waals surface area contributed by atoms with Gasteiger partial charge >= 0.3 is 0 Å². The van der Waals surface area contributed by atoms with E-state index in [0.29, 0.717) is 0 Å². The van der Waals surface area contributed by atoms with Gasteiger partial charge in [0, 0.05) is 0 Å². The van der Waals surface area contributed by atoms with Gasteiger partial charge in [0.15, 0.2) is 0 Å². The van der Waals surface area contributed by atoms with Gasteiger partial charge < -0.3 is 5.11 Å². The van der Waals surface area contributed by atoms with Crippen LogP contribution < -0.4 is 10.6 Å². The second-order valence-corrected chi connectivity index (χ2v) is 10.7. The van der Waals surface area contributed by atoms with Crippen LogP contribution in [0.2, 0.25) is 0 Å². The van der Waals surface area contributed by atoms with E-state index in [4.69, 9.17) is 0 Å². The highest BCUT2D eigenvalue weighted by atomic mass is 31.2. The first-order chi connectivity index (χ1) is 12.2. The van der Waals surface area contributed by atoms with Gasteiger partial charge in [-0.3, -0.25) is 0 Å². The van der Waals surface area contributed by atoms with Gasteiger partial charge in [-0.1, -0.05) is 66.7 Å². The van der Waals surface area contributed by atoms with Crippen LogP contribution >= 0.6 is 7.26 Å². The van der Waals surface area contributed by atoms with Gasteiger partial charge in [0.1, 0.15) is 11.8 Å². The van der Waals surface area contributed by atoms with Crippen molar-refractivity contribution < 1.29 is 5.11 Å². The minimum Gasteiger partial charge on any atom is -0.384 e. The van der Waals surface area contributed by atoms with Crippen LogP contribution in [-0.2, 0) is 0 Å². The third-order valence-electron chi connectivity index (χ3n) is 5.23. The van der Waals surface area contributed by atoms with Crippen molar-refractivity contribution >= 4 is 17.9 Å². The Morgan fingerprint density at radius 3 is 1.52 bits per heavy atom. The first kappa shape index (κ1) is 17.9. The van der Waals surface area contributed by atoms with E-state index in [1.165, 1.54) is 10.6 Å². The highest BCUT2D eigenvalue weighted by Crippen LogP contribution is 2.63. The maximum atomic E-state index is 11.2. The van der Waals surface area contributed by atoms with Crippen molar-refractivity contribution in [2.75, 3.05) is 6.16 Å². The van der Waals surface area contributed by atoms with Crippen LogP contribution in [0.5, 0.6) is 0 Å². The number of rotatable bonds is 6. The molecule has 0 spiro atoms. The fourth-order valence-electron chi connectivity index (χ4n) is 3.83. The molecular formula is C23H26OP+. The quantitative estimate of drug-likeness (QED) is 0.634. The summed E-state index contributed by atoms with van der Waals surface area (Å²) in [4.78, 5) is 0. The summed E-state index contributed by atoms with van der Waals surface area (Å²) in [5.74, 6) is 0. The lowest BCUT2D eigenvalue weighted by atomic mass is 10.1. The molecule has 0 bridgehead atoms. The smallest absolute Gasteiger partial charge is 0.116 e. The van der Waals surface area contributed by atoms with E-state index in [-0.39, 0.29) is 5.66 Å². The molecule has 2 heteroatoms. The molecule has 0 aliphatic heterocycles. The summed E-state index contributed by atoms with van der Waals surface area (Å²) in [5, 5.41) is 13.9. The topological polar surface area (TPSA) is 20.2 Å². The maximum Gasteiger partial charge on any atom is 0.116 e. The number of benzene rings is 3. The van der Waals surface area contributed by atoms with Crippen molar-refractivity contribution in [3.05, 3.63) is 96.6 Å². The fraction of sp³-hybridized carbons (Fsp3) is 0.217. The highest BCUT2D eigenvalue weighted by Gasteiger charge is 2.49. The number of hydrogen-bond acceptors (Lipinski definition) is 1. The van der Waals surface area contributed by atoms with Crippen LogP contribution in [0, 0.1) is 0 Å². The molecule has 1 nitrogen and oxygen atoms in total. The van der Waals surface area contributed by atoms with Gasteiger partial charge in [-0.2, -0.15) is 0 Å². The Bertz CT molecular complexity index is 731. The van der Waals surface area contributed by atoms with E-state index in [1.54, 1.807) is 0 Å². The Hall–Kier alpha value is -1.95. The Balaban J connectivity index is 2.14. The summed E-state index contributed by atoms with van der Waals surface area (Å²) in [7, 11) is -1.74. The van der Waals surface area contributed by atoms with E-state index in [0.717, 1.165) is 11.7 Å². The van der Waals surface area contributed by atoms with E-state index in [2.05, 4.69) is 74.5 Å². The van der Waals surface area contributed by atoms with Crippen molar-refractivity contribution in [1.29, 1.82) is 0 Å². The Kier molecular flexibility index (Phi) is 5.68. The average Bonchev–Trinajstić information content (AvgIpc) is 2.70. The lowest BCUT2D eigenvalue weighted by molar-refractivity contribution is 0.177. The molecule has 0 radical (unpaired) electrons. The minimum atomic E-state index is -1.74. The van der Waals surface area contributed by atoms with E-state index in [9.17, 15) is 5.11 Å². The average molecular weight is 349 g/mol. The number of aliphatic hydroxyl groups is 1. The zero-order valence-corrected chi connectivity index (χ0v) is 15.8. The lowest BCUT2D eigenvalue weighted by Crippen LogP contribution is -2.35. The van der Waals surface area contributed by atoms with E-state index in [1.807, 2.05) is 30.3 Å². The van der Waals surface area contributed by atoms with Crippen molar-refractivity contribution in [1.82, 2.24) is 0 Å². The van der Waals surface area contributed by atoms with Crippen molar-refractivity contribution in [3.8, 4) is 0 Å². The molecule has 1 N–H and O–H groups in total. The van der Waals surface area contributed by atoms with Gasteiger partial charge in [0.25, 0.3) is 0 Å². The highest BCUT2D eigenvalue weighted by molar-refractivity contribution is 7.90. The van der Waals surface area contributed by atoms with Crippen LogP contribution in [-0.4, -0.2) is 16.9 Å². The van der Waals surface area contributed by atoms with Gasteiger partial charge in [-0.15, -0.1) is 0 Å². The van der Waals surface area contributed by atoms with Crippen LogP contribution in [0.1, 0.15) is 25.5 Å². The maximum absolute atomic E-state index is 11.2. The predicted octanol–water partition coefficient (Wildman–Crippen LogP) is 4.80. The molecular weight excluding hydrogens is 323 g/mol. The first-order valence-corrected chi connectivity index (χ1v) is 11.0. The second kappa shape index (κ2) is 7.95. The first-order valence-electron chi connectivity index (χ1n) is 8.92. The summed E-state index contributed by atoms with van der Waals surface area (Å²) in [6, 6.07) is 31.6. The lowest BCUT2D eigenvalue weighted by Gasteiger charge is -2.34. The Morgan fingerprint density at radius 2 is 1.12 bits per heavy atom. The summed E-state index contributed by atoms with van der Waals surface area (Å²) < 4.78 is 0. The standard InChI is InChI=1S/C23H26OP/c1-3-25(21-15-9-5-10-16-21,22-17-11-6-12-18-22)19(2)23(24)20-13-7-4-8-14-20/h4-19,23-24H,3H2,1-2H3/q+1/t19-,23-/m0/s1. The van der Waals surface area contributed by atoms with Crippen molar-refractivity contribution in [2.24, 2.45) is 0 Å². The molecule has 0 saturated carbocycles. The molecule has 0 aliphatic rings. The third-order valence-corrected chi connectivity index (χ3v) is 10.3. The molecule has 25 heavy (non-hydrogen) atoms. The van der Waals surface area contributed by atoms with Gasteiger partial charge in [0.2, 0.25) is 0 Å². The minimum absolute atomic E-state index is 0.143. The number of hydrogen-bond donors (Lipinski definition) is 1. The van der Waals surface area contributed by atoms with Crippen molar-refractivity contribution in [3.63, 3.8) is 0 Å². The van der Waals surface area contributed by atoms with E-state index >= 15 is 0 Å². The van der Waals surface area contributed by atoms with Gasteiger partial charge in [-0.05, 0) is 43.7 Å². The molecule has 3 aromatic rings. The monoisotopic (exact) mass is 349 g/mol. The van der Waals surface area contributed by atoms with Gasteiger partial charge in [0.05, 0.1) is 24.0 Å². The molecule has 0 amide bonds. The summed E-state index contributed by atoms with van der Waals surface area (Å²) in [6.45, 7) is 4.48. The zero-order chi connectivity index (χ0) is 17.7. The van der Waals surface area contributed by atoms with Gasteiger partial charge in [-0.25, -0.2) is 0 Å². The van der Waals surface area contributed by atoms with Crippen LogP contribution in [0.3, 0.4) is 0 Å². The second-order valence-electron chi connectivity index (χ2n) is 6.45. The van der Waals surface area contributed by atoms with Crippen LogP contribution in [0.15, 0.2) is 91.0 Å². The van der Waals surface area contributed by atoms with E-state index < -0.39 is 13.4 Å². The number of aliphatic hydroxyl groups excluding tert-OH is 1. The zero-order valence-electron chi connectivity index (χ0n) is 14.9. The molecule has 2 atom stereocenters. The Morgan fingerprint density at radius 1 is 0.720 bits per heavy atom. The SMILES string of the molecule is CC[P+](c1ccccc1)(c1ccccc1)[C@@H](C)[C@H](O)c1ccccc1. The fourth-order valence-corrected chi connectivity index (χ4v) is 8.44. The third kappa shape index (κ3) is 3.40. The Labute approximate surface area is 151 Å². The van der Waals surface area contributed by atoms with Crippen LogP contribution in [0.25, 0.3) is 0 Å². The molecule has 0 unspecified atom stereocenters.